The van der Waals surface area contributed by atoms with E-state index in [9.17, 15) is 4.79 Å². The third-order valence-corrected chi connectivity index (χ3v) is 7.36. The third-order valence-electron chi connectivity index (χ3n) is 5.53. The minimum atomic E-state index is -0.465. The van der Waals surface area contributed by atoms with E-state index >= 15 is 0 Å². The number of ether oxygens (including phenoxy) is 2. The van der Waals surface area contributed by atoms with E-state index in [1.165, 1.54) is 16.7 Å². The number of carbonyl (C=O) groups is 1. The second-order valence-electron chi connectivity index (χ2n) is 7.61. The SMILES string of the molecule is C=CCOC(=O)N[C@H]1COC[C@@H]1SC(c1ccccc1)(c1ccccc1)c1ccccc1. The molecule has 4 nitrogen and oxygen atoms in total. The van der Waals surface area contributed by atoms with Crippen LogP contribution in [0.3, 0.4) is 0 Å². The van der Waals surface area contributed by atoms with Gasteiger partial charge in [0, 0.05) is 0 Å². The first kappa shape index (κ1) is 22.2. The lowest BCUT2D eigenvalue weighted by atomic mass is 9.84. The quantitative estimate of drug-likeness (QED) is 0.373. The molecule has 1 fully saturated rings. The standard InChI is InChI=1S/C27H27NO3S/c1-2-18-31-26(29)28-24-19-30-20-25(24)32-27(21-12-6-3-7-13-21,22-14-8-4-9-15-22)23-16-10-5-11-17-23/h2-17,24-25H,1,18-20H2,(H,28,29)/t24-,25-/m0/s1. The molecule has 0 saturated carbocycles. The number of carbonyl (C=O) groups excluding carboxylic acids is 1. The van der Waals surface area contributed by atoms with Gasteiger partial charge in [-0.05, 0) is 16.7 Å². The second-order valence-corrected chi connectivity index (χ2v) is 9.06. The summed E-state index contributed by atoms with van der Waals surface area (Å²) in [5, 5.41) is 3.02. The molecule has 2 atom stereocenters. The summed E-state index contributed by atoms with van der Waals surface area (Å²) < 4.78 is 10.5. The summed E-state index contributed by atoms with van der Waals surface area (Å²) >= 11 is 1.82. The van der Waals surface area contributed by atoms with Crippen molar-refractivity contribution in [3.8, 4) is 0 Å². The average molecular weight is 446 g/mol. The van der Waals surface area contributed by atoms with Crippen LogP contribution in [-0.4, -0.2) is 37.2 Å². The minimum Gasteiger partial charge on any atom is -0.445 e. The van der Waals surface area contributed by atoms with Gasteiger partial charge in [0.05, 0.1) is 29.3 Å². The molecule has 0 spiro atoms. The maximum absolute atomic E-state index is 12.2. The lowest BCUT2D eigenvalue weighted by Crippen LogP contribution is -2.43. The van der Waals surface area contributed by atoms with Crippen LogP contribution in [0.4, 0.5) is 4.79 Å². The summed E-state index contributed by atoms with van der Waals surface area (Å²) in [4.78, 5) is 12.2. The predicted molar refractivity (Wildman–Crippen MR) is 130 cm³/mol. The van der Waals surface area contributed by atoms with Crippen LogP contribution < -0.4 is 5.32 Å². The number of rotatable bonds is 8. The molecule has 1 N–H and O–H groups in total. The highest BCUT2D eigenvalue weighted by Crippen LogP contribution is 2.51. The number of hydrogen-bond acceptors (Lipinski definition) is 4. The molecule has 3 aromatic carbocycles. The van der Waals surface area contributed by atoms with E-state index in [1.54, 1.807) is 6.08 Å². The lowest BCUT2D eigenvalue weighted by Gasteiger charge is -2.38. The van der Waals surface area contributed by atoms with E-state index in [0.717, 1.165) is 0 Å². The van der Waals surface area contributed by atoms with Gasteiger partial charge in [0.1, 0.15) is 6.61 Å². The molecule has 5 heteroatoms. The Morgan fingerprint density at radius 2 is 1.44 bits per heavy atom. The highest BCUT2D eigenvalue weighted by atomic mass is 32.2. The number of hydrogen-bond donors (Lipinski definition) is 1. The van der Waals surface area contributed by atoms with Crippen LogP contribution in [0.1, 0.15) is 16.7 Å². The Bertz CT molecular complexity index is 914. The van der Waals surface area contributed by atoms with Crippen molar-refractivity contribution >= 4 is 17.9 Å². The fourth-order valence-corrected chi connectivity index (χ4v) is 5.81. The number of thioether (sulfide) groups is 1. The molecule has 164 valence electrons. The Balaban J connectivity index is 1.76. The summed E-state index contributed by atoms with van der Waals surface area (Å²) in [6.07, 6.45) is 1.11. The third kappa shape index (κ3) is 4.74. The number of amides is 1. The van der Waals surface area contributed by atoms with Gasteiger partial charge in [-0.3, -0.25) is 0 Å². The van der Waals surface area contributed by atoms with Gasteiger partial charge in [0.2, 0.25) is 0 Å². The van der Waals surface area contributed by atoms with E-state index in [4.69, 9.17) is 9.47 Å². The molecular formula is C27H27NO3S. The molecule has 0 unspecified atom stereocenters. The topological polar surface area (TPSA) is 47.6 Å². The normalized spacial score (nSPS) is 18.1. The van der Waals surface area contributed by atoms with Crippen LogP contribution in [0.15, 0.2) is 104 Å². The van der Waals surface area contributed by atoms with E-state index in [2.05, 4.69) is 84.7 Å². The zero-order valence-electron chi connectivity index (χ0n) is 17.9. The molecule has 1 aliphatic heterocycles. The largest absolute Gasteiger partial charge is 0.445 e. The summed E-state index contributed by atoms with van der Waals surface area (Å²) in [7, 11) is 0. The van der Waals surface area contributed by atoms with Gasteiger partial charge < -0.3 is 14.8 Å². The number of benzene rings is 3. The highest BCUT2D eigenvalue weighted by Gasteiger charge is 2.43. The van der Waals surface area contributed by atoms with Gasteiger partial charge in [-0.1, -0.05) is 104 Å². The highest BCUT2D eigenvalue weighted by molar-refractivity contribution is 8.01. The Kier molecular flexibility index (Phi) is 7.30. The summed E-state index contributed by atoms with van der Waals surface area (Å²) in [6.45, 7) is 4.78. The van der Waals surface area contributed by atoms with Crippen LogP contribution in [0.2, 0.25) is 0 Å². The Morgan fingerprint density at radius 3 is 1.91 bits per heavy atom. The van der Waals surface area contributed by atoms with Crippen molar-refractivity contribution in [3.05, 3.63) is 120 Å². The van der Waals surface area contributed by atoms with E-state index in [-0.39, 0.29) is 17.9 Å². The molecule has 1 saturated heterocycles. The van der Waals surface area contributed by atoms with Gasteiger partial charge in [0.25, 0.3) is 0 Å². The summed E-state index contributed by atoms with van der Waals surface area (Å²) in [5.74, 6) is 0. The first-order valence-electron chi connectivity index (χ1n) is 10.7. The first-order valence-corrected chi connectivity index (χ1v) is 11.6. The van der Waals surface area contributed by atoms with Gasteiger partial charge in [-0.25, -0.2) is 4.79 Å². The van der Waals surface area contributed by atoms with Crippen molar-refractivity contribution in [2.24, 2.45) is 0 Å². The van der Waals surface area contributed by atoms with Gasteiger partial charge >= 0.3 is 6.09 Å². The van der Waals surface area contributed by atoms with Crippen LogP contribution in [0.5, 0.6) is 0 Å². The van der Waals surface area contributed by atoms with Crippen molar-refractivity contribution in [1.29, 1.82) is 0 Å². The van der Waals surface area contributed by atoms with Crippen molar-refractivity contribution in [3.63, 3.8) is 0 Å². The second kappa shape index (κ2) is 10.5. The van der Waals surface area contributed by atoms with Crippen LogP contribution in [0.25, 0.3) is 0 Å². The van der Waals surface area contributed by atoms with Crippen LogP contribution in [-0.2, 0) is 14.2 Å². The Morgan fingerprint density at radius 1 is 0.938 bits per heavy atom. The molecular weight excluding hydrogens is 418 g/mol. The summed E-state index contributed by atoms with van der Waals surface area (Å²) in [5.41, 5.74) is 3.55. The first-order chi connectivity index (χ1) is 15.7. The van der Waals surface area contributed by atoms with E-state index < -0.39 is 10.8 Å². The zero-order chi connectivity index (χ0) is 22.2. The molecule has 0 bridgehead atoms. The van der Waals surface area contributed by atoms with Gasteiger partial charge in [-0.15, -0.1) is 11.8 Å². The molecule has 0 aliphatic carbocycles. The maximum Gasteiger partial charge on any atom is 0.407 e. The maximum atomic E-state index is 12.2. The fourth-order valence-electron chi connectivity index (χ4n) is 4.06. The fraction of sp³-hybridized carbons (Fsp3) is 0.222. The lowest BCUT2D eigenvalue weighted by molar-refractivity contribution is 0.149. The van der Waals surface area contributed by atoms with Gasteiger partial charge in [-0.2, -0.15) is 0 Å². The Hall–Kier alpha value is -3.02. The number of nitrogens with one attached hydrogen (secondary N) is 1. The van der Waals surface area contributed by atoms with Crippen molar-refractivity contribution in [2.45, 2.75) is 16.0 Å². The van der Waals surface area contributed by atoms with Crippen molar-refractivity contribution < 1.29 is 14.3 Å². The molecule has 1 amide bonds. The molecule has 0 aromatic heterocycles. The predicted octanol–water partition coefficient (Wildman–Crippen LogP) is 5.39. The summed E-state index contributed by atoms with van der Waals surface area (Å²) in [6, 6.07) is 31.4. The molecule has 1 aliphatic rings. The molecule has 32 heavy (non-hydrogen) atoms. The van der Waals surface area contributed by atoms with Crippen LogP contribution >= 0.6 is 11.8 Å². The van der Waals surface area contributed by atoms with E-state index in [1.807, 2.05) is 30.0 Å². The van der Waals surface area contributed by atoms with Crippen LogP contribution in [0, 0.1) is 0 Å². The molecule has 1 heterocycles. The Labute approximate surface area is 193 Å². The smallest absolute Gasteiger partial charge is 0.407 e. The molecule has 4 rings (SSSR count). The molecule has 0 radical (unpaired) electrons. The van der Waals surface area contributed by atoms with Crippen molar-refractivity contribution in [2.75, 3.05) is 19.8 Å². The van der Waals surface area contributed by atoms with E-state index in [0.29, 0.717) is 13.2 Å². The average Bonchev–Trinajstić information content (AvgIpc) is 3.29. The van der Waals surface area contributed by atoms with Gasteiger partial charge in [0.15, 0.2) is 0 Å². The monoisotopic (exact) mass is 445 g/mol. The minimum absolute atomic E-state index is 0.0342. The molecule has 3 aromatic rings. The van der Waals surface area contributed by atoms with Crippen molar-refractivity contribution in [1.82, 2.24) is 5.32 Å². The zero-order valence-corrected chi connectivity index (χ0v) is 18.7. The number of alkyl carbamates (subject to hydrolysis) is 1.